The van der Waals surface area contributed by atoms with Crippen LogP contribution in [0.3, 0.4) is 0 Å². The Kier molecular flexibility index (Phi) is 8.66. The minimum Gasteiger partial charge on any atom is -0.382 e. The second-order valence-electron chi connectivity index (χ2n) is 6.70. The largest absolute Gasteiger partial charge is 0.382 e. The molecule has 3 N–H and O–H groups in total. The second-order valence-corrected chi connectivity index (χ2v) is 6.70. The summed E-state index contributed by atoms with van der Waals surface area (Å²) in [6, 6.07) is 13.3. The van der Waals surface area contributed by atoms with Gasteiger partial charge in [0.05, 0.1) is 17.2 Å². The molecule has 0 atom stereocenters. The molecule has 158 valence electrons. The first-order valence-electron chi connectivity index (χ1n) is 9.70. The van der Waals surface area contributed by atoms with Crippen molar-refractivity contribution in [3.05, 3.63) is 53.6 Å². The lowest BCUT2D eigenvalue weighted by atomic mass is 10.1. The van der Waals surface area contributed by atoms with E-state index in [9.17, 15) is 9.59 Å². The van der Waals surface area contributed by atoms with Crippen LogP contribution in [0.5, 0.6) is 0 Å². The number of nitrogens with one attached hydrogen (secondary N) is 3. The van der Waals surface area contributed by atoms with Crippen molar-refractivity contribution in [2.45, 2.75) is 13.3 Å². The molecule has 0 bridgehead atoms. The highest BCUT2D eigenvalue weighted by Crippen LogP contribution is 2.23. The molecule has 0 saturated carbocycles. The molecule has 0 fully saturated rings. The lowest BCUT2D eigenvalue weighted by Gasteiger charge is -2.18. The molecular formula is C22H27N5O3. The standard InChI is InChI=1S/C22H27N5O3/c1-4-30-12-6-11-24-21(28)19-14-18(9-10-20(19)27(2)3)26-22(29)25-17-8-5-7-16(13-17)15-23/h5,7-10,13-14H,4,6,11-12H2,1-3H3,(H,24,28)(H2,25,26,29). The molecule has 0 saturated heterocycles. The molecule has 0 heterocycles. The maximum absolute atomic E-state index is 12.7. The third kappa shape index (κ3) is 6.79. The molecular weight excluding hydrogens is 382 g/mol. The number of carbonyl (C=O) groups is 2. The van der Waals surface area contributed by atoms with Crippen molar-refractivity contribution in [2.75, 3.05) is 49.4 Å². The van der Waals surface area contributed by atoms with E-state index in [1.54, 1.807) is 42.5 Å². The summed E-state index contributed by atoms with van der Waals surface area (Å²) < 4.78 is 5.28. The summed E-state index contributed by atoms with van der Waals surface area (Å²) in [6.07, 6.45) is 0.721. The maximum atomic E-state index is 12.7. The van der Waals surface area contributed by atoms with Crippen molar-refractivity contribution in [3.8, 4) is 6.07 Å². The number of hydrogen-bond acceptors (Lipinski definition) is 5. The van der Waals surface area contributed by atoms with Gasteiger partial charge in [0.1, 0.15) is 0 Å². The van der Waals surface area contributed by atoms with Gasteiger partial charge in [-0.2, -0.15) is 5.26 Å². The molecule has 0 aromatic heterocycles. The van der Waals surface area contributed by atoms with E-state index in [4.69, 9.17) is 10.00 Å². The van der Waals surface area contributed by atoms with Gasteiger partial charge in [-0.25, -0.2) is 4.79 Å². The number of nitrogens with zero attached hydrogens (tertiary/aromatic N) is 2. The molecule has 0 aliphatic rings. The number of carbonyl (C=O) groups excluding carboxylic acids is 2. The summed E-state index contributed by atoms with van der Waals surface area (Å²) in [4.78, 5) is 26.8. The van der Waals surface area contributed by atoms with Crippen LogP contribution in [-0.2, 0) is 4.74 Å². The third-order valence-electron chi connectivity index (χ3n) is 4.19. The van der Waals surface area contributed by atoms with Gasteiger partial charge in [0.15, 0.2) is 0 Å². The Morgan fingerprint density at radius 1 is 1.10 bits per heavy atom. The molecule has 2 aromatic rings. The van der Waals surface area contributed by atoms with Gasteiger partial charge in [-0.15, -0.1) is 0 Å². The van der Waals surface area contributed by atoms with Gasteiger partial charge in [-0.3, -0.25) is 4.79 Å². The predicted octanol–water partition coefficient (Wildman–Crippen LogP) is 3.42. The first kappa shape index (κ1) is 22.7. The SMILES string of the molecule is CCOCCCNC(=O)c1cc(NC(=O)Nc2cccc(C#N)c2)ccc1N(C)C. The molecule has 0 aliphatic carbocycles. The molecule has 8 heteroatoms. The summed E-state index contributed by atoms with van der Waals surface area (Å²) >= 11 is 0. The first-order valence-corrected chi connectivity index (χ1v) is 9.70. The van der Waals surface area contributed by atoms with Gasteiger partial charge in [-0.1, -0.05) is 6.07 Å². The molecule has 3 amide bonds. The number of benzene rings is 2. The van der Waals surface area contributed by atoms with Crippen LogP contribution >= 0.6 is 0 Å². The molecule has 0 unspecified atom stereocenters. The Morgan fingerprint density at radius 2 is 1.83 bits per heavy atom. The van der Waals surface area contributed by atoms with Crippen LogP contribution in [0.1, 0.15) is 29.3 Å². The fourth-order valence-corrected chi connectivity index (χ4v) is 2.76. The number of rotatable bonds is 9. The summed E-state index contributed by atoms with van der Waals surface area (Å²) in [7, 11) is 3.70. The van der Waals surface area contributed by atoms with Crippen LogP contribution in [0, 0.1) is 11.3 Å². The Bertz CT molecular complexity index is 921. The molecule has 30 heavy (non-hydrogen) atoms. The third-order valence-corrected chi connectivity index (χ3v) is 4.19. The highest BCUT2D eigenvalue weighted by Gasteiger charge is 2.15. The normalized spacial score (nSPS) is 10.1. The van der Waals surface area contributed by atoms with E-state index in [1.165, 1.54) is 0 Å². The zero-order valence-electron chi connectivity index (χ0n) is 17.5. The quantitative estimate of drug-likeness (QED) is 0.550. The monoisotopic (exact) mass is 409 g/mol. The highest BCUT2D eigenvalue weighted by molar-refractivity contribution is 6.04. The minimum atomic E-state index is -0.467. The van der Waals surface area contributed by atoms with E-state index in [0.717, 1.165) is 12.1 Å². The molecule has 0 radical (unpaired) electrons. The fraction of sp³-hybridized carbons (Fsp3) is 0.318. The van der Waals surface area contributed by atoms with Crippen molar-refractivity contribution in [1.82, 2.24) is 5.32 Å². The van der Waals surface area contributed by atoms with E-state index in [-0.39, 0.29) is 5.91 Å². The van der Waals surface area contributed by atoms with E-state index in [1.807, 2.05) is 32.0 Å². The average molecular weight is 409 g/mol. The number of anilines is 3. The predicted molar refractivity (Wildman–Crippen MR) is 118 cm³/mol. The lowest BCUT2D eigenvalue weighted by Crippen LogP contribution is -2.27. The molecule has 0 aliphatic heterocycles. The average Bonchev–Trinajstić information content (AvgIpc) is 2.73. The number of nitriles is 1. The zero-order valence-corrected chi connectivity index (χ0v) is 17.5. The first-order chi connectivity index (χ1) is 14.4. The Balaban J connectivity index is 2.07. The summed E-state index contributed by atoms with van der Waals surface area (Å²) in [5, 5.41) is 17.2. The smallest absolute Gasteiger partial charge is 0.323 e. The fourth-order valence-electron chi connectivity index (χ4n) is 2.76. The van der Waals surface area contributed by atoms with E-state index >= 15 is 0 Å². The van der Waals surface area contributed by atoms with E-state index in [2.05, 4.69) is 16.0 Å². The van der Waals surface area contributed by atoms with Gasteiger partial charge in [0.25, 0.3) is 5.91 Å². The van der Waals surface area contributed by atoms with Crippen LogP contribution in [0.15, 0.2) is 42.5 Å². The van der Waals surface area contributed by atoms with Gasteiger partial charge < -0.3 is 25.6 Å². The van der Waals surface area contributed by atoms with Gasteiger partial charge >= 0.3 is 6.03 Å². The van der Waals surface area contributed by atoms with Crippen LogP contribution in [0.4, 0.5) is 21.9 Å². The van der Waals surface area contributed by atoms with Crippen LogP contribution < -0.4 is 20.9 Å². The Morgan fingerprint density at radius 3 is 2.50 bits per heavy atom. The summed E-state index contributed by atoms with van der Waals surface area (Å²) in [5.74, 6) is -0.221. The van der Waals surface area contributed by atoms with Crippen LogP contribution in [0.25, 0.3) is 0 Å². The summed E-state index contributed by atoms with van der Waals surface area (Å²) in [6.45, 7) is 3.66. The molecule has 2 rings (SSSR count). The number of urea groups is 1. The van der Waals surface area contributed by atoms with Crippen molar-refractivity contribution < 1.29 is 14.3 Å². The number of hydrogen-bond donors (Lipinski definition) is 3. The molecule has 0 spiro atoms. The molecule has 8 nitrogen and oxygen atoms in total. The van der Waals surface area contributed by atoms with E-state index < -0.39 is 6.03 Å². The zero-order chi connectivity index (χ0) is 21.9. The Hall–Kier alpha value is -3.57. The van der Waals surface area contributed by atoms with Gasteiger partial charge in [-0.05, 0) is 49.7 Å². The van der Waals surface area contributed by atoms with Crippen molar-refractivity contribution in [1.29, 1.82) is 5.26 Å². The second kappa shape index (κ2) is 11.4. The highest BCUT2D eigenvalue weighted by atomic mass is 16.5. The number of amides is 3. The number of ether oxygens (including phenoxy) is 1. The van der Waals surface area contributed by atoms with Crippen LogP contribution in [0.2, 0.25) is 0 Å². The molecule has 2 aromatic carbocycles. The summed E-state index contributed by atoms with van der Waals surface area (Å²) in [5.41, 5.74) is 2.63. The topological polar surface area (TPSA) is 106 Å². The Labute approximate surface area is 176 Å². The van der Waals surface area contributed by atoms with E-state index in [0.29, 0.717) is 42.3 Å². The maximum Gasteiger partial charge on any atom is 0.323 e. The van der Waals surface area contributed by atoms with Crippen molar-refractivity contribution >= 4 is 29.0 Å². The minimum absolute atomic E-state index is 0.221. The van der Waals surface area contributed by atoms with Crippen molar-refractivity contribution in [2.24, 2.45) is 0 Å². The van der Waals surface area contributed by atoms with Gasteiger partial charge in [0.2, 0.25) is 0 Å². The lowest BCUT2D eigenvalue weighted by molar-refractivity contribution is 0.0944. The van der Waals surface area contributed by atoms with Gasteiger partial charge in [0, 0.05) is 50.9 Å². The van der Waals surface area contributed by atoms with Crippen molar-refractivity contribution in [3.63, 3.8) is 0 Å². The van der Waals surface area contributed by atoms with Crippen LogP contribution in [-0.4, -0.2) is 45.8 Å².